The molecular formula is C14H18N2O5. The molecule has 0 fully saturated rings. The second kappa shape index (κ2) is 7.37. The first-order valence-electron chi connectivity index (χ1n) is 6.53. The Morgan fingerprint density at radius 2 is 2.05 bits per heavy atom. The quantitative estimate of drug-likeness (QED) is 0.792. The van der Waals surface area contributed by atoms with E-state index in [0.717, 1.165) is 0 Å². The first-order valence-corrected chi connectivity index (χ1v) is 6.53. The summed E-state index contributed by atoms with van der Waals surface area (Å²) in [6.07, 6.45) is 1.34. The number of aromatic carboxylic acids is 1. The Labute approximate surface area is 122 Å². The summed E-state index contributed by atoms with van der Waals surface area (Å²) in [6, 6.07) is 2.43. The number of carbonyl (C=O) groups excluding carboxylic acids is 2. The van der Waals surface area contributed by atoms with E-state index >= 15 is 0 Å². The van der Waals surface area contributed by atoms with Crippen molar-refractivity contribution in [3.8, 4) is 0 Å². The highest BCUT2D eigenvalue weighted by molar-refractivity contribution is 6.04. The largest absolute Gasteiger partial charge is 0.478 e. The predicted molar refractivity (Wildman–Crippen MR) is 74.0 cm³/mol. The molecule has 1 aromatic heterocycles. The third-order valence-electron chi connectivity index (χ3n) is 2.73. The first kappa shape index (κ1) is 16.6. The van der Waals surface area contributed by atoms with Crippen molar-refractivity contribution in [1.29, 1.82) is 0 Å². The average molecular weight is 294 g/mol. The van der Waals surface area contributed by atoms with E-state index in [1.54, 1.807) is 20.8 Å². The zero-order valence-electron chi connectivity index (χ0n) is 12.2. The van der Waals surface area contributed by atoms with E-state index in [-0.39, 0.29) is 30.5 Å². The van der Waals surface area contributed by atoms with Gasteiger partial charge >= 0.3 is 11.9 Å². The summed E-state index contributed by atoms with van der Waals surface area (Å²) in [5.41, 5.74) is -0.389. The molecule has 0 saturated heterocycles. The van der Waals surface area contributed by atoms with Crippen molar-refractivity contribution in [3.05, 3.63) is 29.6 Å². The highest BCUT2D eigenvalue weighted by atomic mass is 16.5. The Bertz CT molecular complexity index is 542. The van der Waals surface area contributed by atoms with E-state index < -0.39 is 17.8 Å². The summed E-state index contributed by atoms with van der Waals surface area (Å²) in [5.74, 6) is -2.41. The lowest BCUT2D eigenvalue weighted by atomic mass is 10.1. The molecular weight excluding hydrogens is 276 g/mol. The Balaban J connectivity index is 3.07. The van der Waals surface area contributed by atoms with Gasteiger partial charge in [-0.05, 0) is 32.9 Å². The van der Waals surface area contributed by atoms with Gasteiger partial charge in [-0.2, -0.15) is 0 Å². The predicted octanol–water partition coefficient (Wildman–Crippen LogP) is 1.19. The molecule has 0 saturated carbocycles. The van der Waals surface area contributed by atoms with Gasteiger partial charge in [0, 0.05) is 12.2 Å². The van der Waals surface area contributed by atoms with E-state index in [0.29, 0.717) is 0 Å². The van der Waals surface area contributed by atoms with Crippen LogP contribution in [0.3, 0.4) is 0 Å². The molecule has 0 unspecified atom stereocenters. The van der Waals surface area contributed by atoms with Crippen molar-refractivity contribution >= 4 is 17.8 Å². The van der Waals surface area contributed by atoms with Crippen molar-refractivity contribution in [1.82, 2.24) is 9.88 Å². The van der Waals surface area contributed by atoms with E-state index in [4.69, 9.17) is 9.84 Å². The van der Waals surface area contributed by atoms with Crippen LogP contribution in [0, 0.1) is 0 Å². The molecule has 1 N–H and O–H groups in total. The van der Waals surface area contributed by atoms with Crippen LogP contribution in [0.15, 0.2) is 18.3 Å². The second-order valence-corrected chi connectivity index (χ2v) is 4.54. The topological polar surface area (TPSA) is 96.8 Å². The van der Waals surface area contributed by atoms with Gasteiger partial charge in [-0.15, -0.1) is 0 Å². The van der Waals surface area contributed by atoms with Gasteiger partial charge in [0.25, 0.3) is 5.91 Å². The summed E-state index contributed by atoms with van der Waals surface area (Å²) in [6.45, 7) is 5.07. The fraction of sp³-hybridized carbons (Fsp3) is 0.429. The van der Waals surface area contributed by atoms with Crippen LogP contribution in [0.5, 0.6) is 0 Å². The Hall–Kier alpha value is -2.44. The number of carbonyl (C=O) groups is 3. The molecule has 0 spiro atoms. The van der Waals surface area contributed by atoms with E-state index in [1.807, 2.05) is 0 Å². The normalized spacial score (nSPS) is 10.3. The maximum atomic E-state index is 12.4. The van der Waals surface area contributed by atoms with Crippen molar-refractivity contribution in [2.45, 2.75) is 26.8 Å². The summed E-state index contributed by atoms with van der Waals surface area (Å²) in [5, 5.41) is 9.10. The van der Waals surface area contributed by atoms with Gasteiger partial charge in [0.15, 0.2) is 0 Å². The summed E-state index contributed by atoms with van der Waals surface area (Å²) >= 11 is 0. The fourth-order valence-corrected chi connectivity index (χ4v) is 1.72. The zero-order valence-corrected chi connectivity index (χ0v) is 12.2. The molecule has 1 amide bonds. The lowest BCUT2D eigenvalue weighted by molar-refractivity contribution is -0.144. The molecule has 7 heteroatoms. The average Bonchev–Trinajstić information content (AvgIpc) is 2.44. The minimum atomic E-state index is -1.24. The number of aromatic nitrogens is 1. The monoisotopic (exact) mass is 294 g/mol. The summed E-state index contributed by atoms with van der Waals surface area (Å²) < 4.78 is 4.82. The number of ether oxygens (including phenoxy) is 1. The van der Waals surface area contributed by atoms with Crippen LogP contribution >= 0.6 is 0 Å². The molecule has 0 aliphatic heterocycles. The standard InChI is InChI=1S/C14H18N2O5/c1-4-21-11(17)8-16(9(2)3)13(18)12-10(14(19)20)6-5-7-15-12/h5-7,9H,4,8H2,1-3H3,(H,19,20). The first-order chi connectivity index (χ1) is 9.88. The van der Waals surface area contributed by atoms with Crippen LogP contribution in [0.1, 0.15) is 41.6 Å². The number of carboxylic acid groups (broad SMARTS) is 1. The molecule has 0 aliphatic rings. The second-order valence-electron chi connectivity index (χ2n) is 4.54. The SMILES string of the molecule is CCOC(=O)CN(C(=O)c1ncccc1C(=O)O)C(C)C. The van der Waals surface area contributed by atoms with Gasteiger partial charge in [0.1, 0.15) is 12.2 Å². The molecule has 0 aliphatic carbocycles. The van der Waals surface area contributed by atoms with Crippen LogP contribution in [0.4, 0.5) is 0 Å². The van der Waals surface area contributed by atoms with Crippen molar-refractivity contribution in [2.24, 2.45) is 0 Å². The molecule has 0 bridgehead atoms. The lowest BCUT2D eigenvalue weighted by Crippen LogP contribution is -2.42. The van der Waals surface area contributed by atoms with Crippen molar-refractivity contribution in [2.75, 3.05) is 13.2 Å². The van der Waals surface area contributed by atoms with E-state index in [1.165, 1.54) is 23.2 Å². The van der Waals surface area contributed by atoms with Crippen LogP contribution < -0.4 is 0 Å². The lowest BCUT2D eigenvalue weighted by Gasteiger charge is -2.25. The van der Waals surface area contributed by atoms with Gasteiger partial charge < -0.3 is 14.7 Å². The maximum absolute atomic E-state index is 12.4. The third kappa shape index (κ3) is 4.27. The number of hydrogen-bond donors (Lipinski definition) is 1. The van der Waals surface area contributed by atoms with Crippen molar-refractivity contribution in [3.63, 3.8) is 0 Å². The summed E-state index contributed by atoms with van der Waals surface area (Å²) in [7, 11) is 0. The zero-order chi connectivity index (χ0) is 16.0. The number of carboxylic acids is 1. The molecule has 1 aromatic rings. The van der Waals surface area contributed by atoms with Gasteiger partial charge in [-0.1, -0.05) is 0 Å². The molecule has 1 rings (SSSR count). The van der Waals surface area contributed by atoms with Crippen LogP contribution in [0.2, 0.25) is 0 Å². The van der Waals surface area contributed by atoms with Gasteiger partial charge in [0.05, 0.1) is 12.2 Å². The molecule has 7 nitrogen and oxygen atoms in total. The number of pyridine rings is 1. The van der Waals surface area contributed by atoms with Gasteiger partial charge in [-0.3, -0.25) is 14.6 Å². The minimum Gasteiger partial charge on any atom is -0.478 e. The number of hydrogen-bond acceptors (Lipinski definition) is 5. The Morgan fingerprint density at radius 1 is 1.38 bits per heavy atom. The van der Waals surface area contributed by atoms with Crippen LogP contribution in [-0.4, -0.2) is 52.0 Å². The Morgan fingerprint density at radius 3 is 2.57 bits per heavy atom. The maximum Gasteiger partial charge on any atom is 0.338 e. The van der Waals surface area contributed by atoms with Crippen LogP contribution in [-0.2, 0) is 9.53 Å². The number of esters is 1. The molecule has 0 radical (unpaired) electrons. The van der Waals surface area contributed by atoms with Gasteiger partial charge in [-0.25, -0.2) is 4.79 Å². The highest BCUT2D eigenvalue weighted by Gasteiger charge is 2.26. The van der Waals surface area contributed by atoms with E-state index in [9.17, 15) is 14.4 Å². The smallest absolute Gasteiger partial charge is 0.338 e. The third-order valence-corrected chi connectivity index (χ3v) is 2.73. The molecule has 114 valence electrons. The fourth-order valence-electron chi connectivity index (χ4n) is 1.72. The molecule has 21 heavy (non-hydrogen) atoms. The highest BCUT2D eigenvalue weighted by Crippen LogP contribution is 2.11. The summed E-state index contributed by atoms with van der Waals surface area (Å²) in [4.78, 5) is 40.2. The number of nitrogens with zero attached hydrogens (tertiary/aromatic N) is 2. The molecule has 0 aromatic carbocycles. The molecule has 0 atom stereocenters. The number of amides is 1. The van der Waals surface area contributed by atoms with Gasteiger partial charge in [0.2, 0.25) is 0 Å². The Kier molecular flexibility index (Phi) is 5.83. The number of rotatable bonds is 6. The van der Waals surface area contributed by atoms with E-state index in [2.05, 4.69) is 4.98 Å². The minimum absolute atomic E-state index is 0.192. The van der Waals surface area contributed by atoms with Crippen LogP contribution in [0.25, 0.3) is 0 Å². The van der Waals surface area contributed by atoms with Crippen molar-refractivity contribution < 1.29 is 24.2 Å². The molecule has 1 heterocycles.